The van der Waals surface area contributed by atoms with Crippen LogP contribution in [-0.2, 0) is 0 Å². The number of para-hydroxylation sites is 1. The number of nitrogens with zero attached hydrogens (tertiary/aromatic N) is 3. The van der Waals surface area contributed by atoms with Crippen LogP contribution >= 0.6 is 11.6 Å². The molecule has 1 heterocycles. The molecule has 2 aromatic rings. The van der Waals surface area contributed by atoms with Crippen LogP contribution in [0.25, 0.3) is 5.69 Å². The molecule has 0 aliphatic heterocycles. The van der Waals surface area contributed by atoms with E-state index in [1.54, 1.807) is 24.3 Å². The second-order valence-electron chi connectivity index (χ2n) is 2.42. The molecule has 1 aromatic carbocycles. The van der Waals surface area contributed by atoms with Gasteiger partial charge in [-0.15, -0.1) is 0 Å². The summed E-state index contributed by atoms with van der Waals surface area (Å²) in [6.45, 7) is 0. The lowest BCUT2D eigenvalue weighted by molar-refractivity contribution is -0.676. The van der Waals surface area contributed by atoms with Crippen LogP contribution in [0.1, 0.15) is 0 Å². The van der Waals surface area contributed by atoms with Crippen molar-refractivity contribution < 1.29 is 9.20 Å². The maximum absolute atomic E-state index is 10.7. The van der Waals surface area contributed by atoms with E-state index in [4.69, 9.17) is 11.6 Å². The maximum atomic E-state index is 10.7. The fraction of sp³-hybridized carbons (Fsp3) is 0. The largest absolute Gasteiger partial charge is 0.471 e. The van der Waals surface area contributed by atoms with Crippen molar-refractivity contribution in [1.29, 1.82) is 0 Å². The van der Waals surface area contributed by atoms with Crippen molar-refractivity contribution >= 4 is 11.6 Å². The van der Waals surface area contributed by atoms with Gasteiger partial charge in [-0.25, -0.2) is 14.7 Å². The van der Waals surface area contributed by atoms with Crippen molar-refractivity contribution in [2.24, 2.45) is 0 Å². The molecule has 2 rings (SSSR count). The first-order valence-corrected chi connectivity index (χ1v) is 3.96. The van der Waals surface area contributed by atoms with Crippen molar-refractivity contribution in [1.82, 2.24) is 11.4 Å². The molecule has 0 amide bonds. The van der Waals surface area contributed by atoms with E-state index >= 15 is 0 Å². The summed E-state index contributed by atoms with van der Waals surface area (Å²) in [7, 11) is 0. The van der Waals surface area contributed by atoms with Crippen LogP contribution in [-0.4, -0.2) is 0 Å². The summed E-state index contributed by atoms with van der Waals surface area (Å²) in [4.78, 5) is 10.7. The molecule has 14 heavy (non-hydrogen) atoms. The Labute approximate surface area is 84.5 Å². The third kappa shape index (κ3) is 1.84. The molecule has 0 spiro atoms. The Morgan fingerprint density at radius 1 is 1.36 bits per heavy atom. The predicted molar refractivity (Wildman–Crippen MR) is 47.0 cm³/mol. The van der Waals surface area contributed by atoms with Crippen molar-refractivity contribution in [2.75, 3.05) is 0 Å². The highest BCUT2D eigenvalue weighted by atomic mass is 35.5. The van der Waals surface area contributed by atoms with E-state index < -0.39 is 5.63 Å². The van der Waals surface area contributed by atoms with Gasteiger partial charge in [0.05, 0.1) is 0 Å². The molecule has 0 aliphatic carbocycles. The van der Waals surface area contributed by atoms with Crippen LogP contribution in [0.5, 0.6) is 0 Å². The van der Waals surface area contributed by atoms with Crippen LogP contribution in [0.3, 0.4) is 0 Å². The van der Waals surface area contributed by atoms with Crippen LogP contribution in [0.2, 0.25) is 5.02 Å². The number of hydrogen-bond acceptors (Lipinski definition) is 2. The van der Waals surface area contributed by atoms with Gasteiger partial charge < -0.3 is 4.52 Å². The molecule has 0 aliphatic rings. The highest BCUT2D eigenvalue weighted by Gasteiger charge is 2.07. The summed E-state index contributed by atoms with van der Waals surface area (Å²) in [6, 6.07) is 7.05. The lowest BCUT2D eigenvalue weighted by Gasteiger charge is -1.97. The number of hydrogen-bond donors (Lipinski definition) is 0. The molecule has 0 atom stereocenters. The van der Waals surface area contributed by atoms with E-state index in [0.29, 0.717) is 10.7 Å². The molecular weight excluding hydrogens is 206 g/mol. The van der Waals surface area contributed by atoms with Gasteiger partial charge in [-0.1, -0.05) is 23.7 Å². The lowest BCUT2D eigenvalue weighted by atomic mass is 10.3. The summed E-state index contributed by atoms with van der Waals surface area (Å²) < 4.78 is 5.67. The molecular formula is C8H5ClN3O2. The van der Waals surface area contributed by atoms with Crippen LogP contribution in [0, 0.1) is 0 Å². The zero-order valence-electron chi connectivity index (χ0n) is 6.92. The second kappa shape index (κ2) is 4.08. The molecule has 5 nitrogen and oxygen atoms in total. The SMILES string of the molecule is O=c1c[n+](-c2ccccc2Cl)[n-]o1.[N]. The summed E-state index contributed by atoms with van der Waals surface area (Å²) in [5.41, 5.74) is 0.120. The first kappa shape index (κ1) is 10.5. The van der Waals surface area contributed by atoms with E-state index in [2.05, 4.69) is 9.79 Å². The molecule has 0 fully saturated rings. The van der Waals surface area contributed by atoms with Gasteiger partial charge in [-0.2, -0.15) is 0 Å². The van der Waals surface area contributed by atoms with Gasteiger partial charge in [0.25, 0.3) is 6.20 Å². The average molecular weight is 211 g/mol. The van der Waals surface area contributed by atoms with Gasteiger partial charge in [0, 0.05) is 12.2 Å². The Kier molecular flexibility index (Phi) is 3.06. The standard InChI is InChI=1S/C8H5ClN2O2.N/c9-6-3-1-2-4-7(6)11-5-8(12)13-10-11;/h1-5H;. The highest BCUT2D eigenvalue weighted by molar-refractivity contribution is 6.32. The quantitative estimate of drug-likeness (QED) is 0.624. The third-order valence-electron chi connectivity index (χ3n) is 1.55. The summed E-state index contributed by atoms with van der Waals surface area (Å²) in [5, 5.41) is 4.01. The predicted octanol–water partition coefficient (Wildman–Crippen LogP) is 0.0465. The van der Waals surface area contributed by atoms with Crippen molar-refractivity contribution in [3.05, 3.63) is 45.9 Å². The molecule has 0 N–H and O–H groups in total. The summed E-state index contributed by atoms with van der Waals surface area (Å²) in [6.07, 6.45) is 1.22. The van der Waals surface area contributed by atoms with Crippen molar-refractivity contribution in [3.63, 3.8) is 0 Å². The topological polar surface area (TPSA) is 78.7 Å². The zero-order valence-corrected chi connectivity index (χ0v) is 7.68. The van der Waals surface area contributed by atoms with E-state index in [0.717, 1.165) is 0 Å². The Balaban J connectivity index is 0.000000980. The Morgan fingerprint density at radius 2 is 2.07 bits per heavy atom. The van der Waals surface area contributed by atoms with E-state index in [1.165, 1.54) is 10.9 Å². The van der Waals surface area contributed by atoms with Crippen molar-refractivity contribution in [3.8, 4) is 5.69 Å². The normalized spacial score (nSPS) is 9.50. The fourth-order valence-corrected chi connectivity index (χ4v) is 1.20. The summed E-state index contributed by atoms with van der Waals surface area (Å²) in [5.74, 6) is 0. The smallest absolute Gasteiger partial charge is 0.389 e. The lowest BCUT2D eigenvalue weighted by Crippen LogP contribution is -2.34. The van der Waals surface area contributed by atoms with E-state index in [9.17, 15) is 4.79 Å². The number of benzene rings is 1. The van der Waals surface area contributed by atoms with Gasteiger partial charge in [0.15, 0.2) is 0 Å². The number of halogens is 1. The minimum absolute atomic E-state index is 0. The number of rotatable bonds is 1. The Morgan fingerprint density at radius 3 is 2.64 bits per heavy atom. The maximum Gasteiger partial charge on any atom is 0.389 e. The monoisotopic (exact) mass is 210 g/mol. The van der Waals surface area contributed by atoms with Crippen LogP contribution in [0.15, 0.2) is 39.8 Å². The van der Waals surface area contributed by atoms with Gasteiger partial charge in [0.2, 0.25) is 5.69 Å². The van der Waals surface area contributed by atoms with Crippen molar-refractivity contribution in [2.45, 2.75) is 0 Å². The zero-order chi connectivity index (χ0) is 9.26. The third-order valence-corrected chi connectivity index (χ3v) is 1.87. The Hall–Kier alpha value is -1.59. The van der Waals surface area contributed by atoms with E-state index in [1.807, 2.05) is 0 Å². The van der Waals surface area contributed by atoms with Gasteiger partial charge >= 0.3 is 5.63 Å². The molecule has 0 bridgehead atoms. The molecule has 3 radical (unpaired) electrons. The molecule has 0 unspecified atom stereocenters. The van der Waals surface area contributed by atoms with Gasteiger partial charge in [-0.3, -0.25) is 0 Å². The molecule has 1 aromatic heterocycles. The first-order chi connectivity index (χ1) is 6.27. The minimum Gasteiger partial charge on any atom is -0.471 e. The fourth-order valence-electron chi connectivity index (χ4n) is 0.982. The number of aromatic nitrogens is 2. The molecule has 6 heteroatoms. The molecule has 0 saturated heterocycles. The second-order valence-corrected chi connectivity index (χ2v) is 2.82. The Bertz CT molecular complexity index is 477. The molecule has 71 valence electrons. The first-order valence-electron chi connectivity index (χ1n) is 3.58. The molecule has 0 saturated carbocycles. The highest BCUT2D eigenvalue weighted by Crippen LogP contribution is 2.12. The minimum atomic E-state index is -0.500. The van der Waals surface area contributed by atoms with Gasteiger partial charge in [0.1, 0.15) is 5.02 Å². The van der Waals surface area contributed by atoms with Gasteiger partial charge in [-0.05, 0) is 6.07 Å². The van der Waals surface area contributed by atoms with Crippen LogP contribution in [0.4, 0.5) is 0 Å². The van der Waals surface area contributed by atoms with Crippen LogP contribution < -0.4 is 21.7 Å². The summed E-state index contributed by atoms with van der Waals surface area (Å²) >= 11 is 5.86. The average Bonchev–Trinajstić information content (AvgIpc) is 2.53. The van der Waals surface area contributed by atoms with E-state index in [-0.39, 0.29) is 6.15 Å².